The summed E-state index contributed by atoms with van der Waals surface area (Å²) < 4.78 is 5.22. The maximum atomic E-state index is 12.6. The van der Waals surface area contributed by atoms with Crippen LogP contribution in [0.25, 0.3) is 0 Å². The van der Waals surface area contributed by atoms with Gasteiger partial charge in [-0.2, -0.15) is 0 Å². The van der Waals surface area contributed by atoms with Crippen LogP contribution in [-0.4, -0.2) is 62.5 Å². The van der Waals surface area contributed by atoms with E-state index in [1.54, 1.807) is 7.11 Å². The molecular formula is C21H33N3O3. The van der Waals surface area contributed by atoms with Crippen LogP contribution in [-0.2, 0) is 9.59 Å². The van der Waals surface area contributed by atoms with Crippen LogP contribution in [0.2, 0.25) is 0 Å². The first-order chi connectivity index (χ1) is 12.8. The Bertz CT molecular complexity index is 620. The summed E-state index contributed by atoms with van der Waals surface area (Å²) in [5.74, 6) is 1.09. The van der Waals surface area contributed by atoms with Crippen molar-refractivity contribution in [3.63, 3.8) is 0 Å². The normalized spacial score (nSPS) is 16.5. The lowest BCUT2D eigenvalue weighted by Gasteiger charge is -2.33. The highest BCUT2D eigenvalue weighted by Gasteiger charge is 2.28. The number of carbonyl (C=O) groups is 2. The first-order valence-corrected chi connectivity index (χ1v) is 9.70. The molecule has 2 amide bonds. The maximum Gasteiger partial charge on any atom is 0.225 e. The average Bonchev–Trinajstić information content (AvgIpc) is 2.67. The summed E-state index contributed by atoms with van der Waals surface area (Å²) in [7, 11) is 5.67. The van der Waals surface area contributed by atoms with Gasteiger partial charge >= 0.3 is 0 Å². The number of rotatable bonds is 7. The van der Waals surface area contributed by atoms with Crippen molar-refractivity contribution in [2.75, 3.05) is 40.8 Å². The fourth-order valence-corrected chi connectivity index (χ4v) is 3.49. The molecule has 1 saturated heterocycles. The second-order valence-electron chi connectivity index (χ2n) is 7.75. The molecule has 1 aliphatic rings. The van der Waals surface area contributed by atoms with E-state index in [9.17, 15) is 9.59 Å². The largest absolute Gasteiger partial charge is 0.497 e. The van der Waals surface area contributed by atoms with Gasteiger partial charge in [0.05, 0.1) is 13.2 Å². The molecule has 1 atom stereocenters. The highest BCUT2D eigenvalue weighted by atomic mass is 16.5. The van der Waals surface area contributed by atoms with E-state index in [0.29, 0.717) is 19.6 Å². The minimum absolute atomic E-state index is 0.0140. The molecule has 150 valence electrons. The topological polar surface area (TPSA) is 61.9 Å². The molecule has 1 N–H and O–H groups in total. The van der Waals surface area contributed by atoms with Crippen LogP contribution in [0.4, 0.5) is 0 Å². The molecule has 0 aliphatic carbocycles. The number of likely N-dealkylation sites (tertiary alicyclic amines) is 1. The Morgan fingerprint density at radius 3 is 2.26 bits per heavy atom. The average molecular weight is 376 g/mol. The zero-order chi connectivity index (χ0) is 20.0. The molecule has 0 aromatic heterocycles. The van der Waals surface area contributed by atoms with E-state index in [1.807, 2.05) is 57.1 Å². The van der Waals surface area contributed by atoms with E-state index in [-0.39, 0.29) is 29.7 Å². The Labute approximate surface area is 162 Å². The number of nitrogens with one attached hydrogen (secondary N) is 1. The number of methoxy groups -OCH3 is 1. The fraction of sp³-hybridized carbons (Fsp3) is 0.619. The molecule has 1 aromatic carbocycles. The minimum Gasteiger partial charge on any atom is -0.497 e. The number of nitrogens with zero attached hydrogens (tertiary/aromatic N) is 2. The molecule has 1 aliphatic heterocycles. The van der Waals surface area contributed by atoms with Crippen molar-refractivity contribution in [1.29, 1.82) is 0 Å². The number of hydrogen-bond donors (Lipinski definition) is 1. The molecule has 6 nitrogen and oxygen atoms in total. The van der Waals surface area contributed by atoms with E-state index in [2.05, 4.69) is 10.2 Å². The SMILES string of the molecule is COc1ccc(C(CNC(=O)C2CCN(C(=O)C(C)C)CC2)N(C)C)cc1. The predicted octanol–water partition coefficient (Wildman–Crippen LogP) is 2.31. The van der Waals surface area contributed by atoms with Gasteiger partial charge in [0.15, 0.2) is 0 Å². The van der Waals surface area contributed by atoms with Crippen molar-refractivity contribution in [2.24, 2.45) is 11.8 Å². The molecule has 2 rings (SSSR count). The summed E-state index contributed by atoms with van der Waals surface area (Å²) in [6.07, 6.45) is 1.47. The van der Waals surface area contributed by atoms with Gasteiger partial charge in [-0.05, 0) is 44.6 Å². The third kappa shape index (κ3) is 5.70. The van der Waals surface area contributed by atoms with Crippen LogP contribution < -0.4 is 10.1 Å². The van der Waals surface area contributed by atoms with Crippen LogP contribution in [0.15, 0.2) is 24.3 Å². The number of ether oxygens (including phenoxy) is 1. The van der Waals surface area contributed by atoms with E-state index in [1.165, 1.54) is 0 Å². The molecule has 0 spiro atoms. The number of piperidine rings is 1. The molecule has 0 saturated carbocycles. The first kappa shape index (κ1) is 21.2. The van der Waals surface area contributed by atoms with Crippen LogP contribution in [0, 0.1) is 11.8 Å². The van der Waals surface area contributed by atoms with Gasteiger partial charge in [0.25, 0.3) is 0 Å². The van der Waals surface area contributed by atoms with Crippen molar-refractivity contribution >= 4 is 11.8 Å². The molecule has 6 heteroatoms. The smallest absolute Gasteiger partial charge is 0.225 e. The summed E-state index contributed by atoms with van der Waals surface area (Å²) in [6.45, 7) is 5.74. The lowest BCUT2D eigenvalue weighted by molar-refractivity contribution is -0.138. The van der Waals surface area contributed by atoms with Crippen molar-refractivity contribution < 1.29 is 14.3 Å². The van der Waals surface area contributed by atoms with Crippen LogP contribution in [0.1, 0.15) is 38.3 Å². The van der Waals surface area contributed by atoms with Gasteiger partial charge < -0.3 is 19.9 Å². The van der Waals surface area contributed by atoms with Crippen LogP contribution >= 0.6 is 0 Å². The van der Waals surface area contributed by atoms with Crippen LogP contribution in [0.3, 0.4) is 0 Å². The summed E-state index contributed by atoms with van der Waals surface area (Å²) in [5, 5.41) is 3.11. The van der Waals surface area contributed by atoms with Crippen molar-refractivity contribution in [1.82, 2.24) is 15.1 Å². The van der Waals surface area contributed by atoms with Gasteiger partial charge in [-0.25, -0.2) is 0 Å². The Balaban J connectivity index is 1.88. The molecule has 1 heterocycles. The molecule has 27 heavy (non-hydrogen) atoms. The fourth-order valence-electron chi connectivity index (χ4n) is 3.49. The summed E-state index contributed by atoms with van der Waals surface area (Å²) in [6, 6.07) is 8.05. The van der Waals surface area contributed by atoms with E-state index in [4.69, 9.17) is 4.74 Å². The molecule has 1 aromatic rings. The summed E-state index contributed by atoms with van der Waals surface area (Å²) >= 11 is 0. The van der Waals surface area contributed by atoms with E-state index < -0.39 is 0 Å². The first-order valence-electron chi connectivity index (χ1n) is 9.70. The summed E-state index contributed by atoms with van der Waals surface area (Å²) in [5.41, 5.74) is 1.14. The number of benzene rings is 1. The second kappa shape index (κ2) is 9.74. The second-order valence-corrected chi connectivity index (χ2v) is 7.75. The highest BCUT2D eigenvalue weighted by molar-refractivity contribution is 5.80. The Hall–Kier alpha value is -2.08. The van der Waals surface area contributed by atoms with Crippen LogP contribution in [0.5, 0.6) is 5.75 Å². The van der Waals surface area contributed by atoms with Gasteiger partial charge in [0.1, 0.15) is 5.75 Å². The molecule has 1 unspecified atom stereocenters. The van der Waals surface area contributed by atoms with Gasteiger partial charge in [0, 0.05) is 31.5 Å². The van der Waals surface area contributed by atoms with Gasteiger partial charge in [-0.15, -0.1) is 0 Å². The van der Waals surface area contributed by atoms with Gasteiger partial charge in [-0.3, -0.25) is 9.59 Å². The molecule has 1 fully saturated rings. The quantitative estimate of drug-likeness (QED) is 0.794. The minimum atomic E-state index is -0.0140. The number of hydrogen-bond acceptors (Lipinski definition) is 4. The van der Waals surface area contributed by atoms with Gasteiger partial charge in [-0.1, -0.05) is 26.0 Å². The summed E-state index contributed by atoms with van der Waals surface area (Å²) in [4.78, 5) is 28.7. The zero-order valence-corrected chi connectivity index (χ0v) is 17.2. The Morgan fingerprint density at radius 1 is 1.19 bits per heavy atom. The third-order valence-electron chi connectivity index (χ3n) is 5.26. The lowest BCUT2D eigenvalue weighted by Crippen LogP contribution is -2.45. The number of amides is 2. The molecule has 0 radical (unpaired) electrons. The zero-order valence-electron chi connectivity index (χ0n) is 17.2. The molecular weight excluding hydrogens is 342 g/mol. The van der Waals surface area contributed by atoms with E-state index >= 15 is 0 Å². The Morgan fingerprint density at radius 2 is 1.78 bits per heavy atom. The van der Waals surface area contributed by atoms with E-state index in [0.717, 1.165) is 24.2 Å². The standard InChI is InChI=1S/C21H33N3O3/c1-15(2)21(26)24-12-10-17(11-13-24)20(25)22-14-19(23(3)4)16-6-8-18(27-5)9-7-16/h6-9,15,17,19H,10-14H2,1-5H3,(H,22,25). The predicted molar refractivity (Wildman–Crippen MR) is 107 cm³/mol. The van der Waals surface area contributed by atoms with Crippen molar-refractivity contribution in [2.45, 2.75) is 32.7 Å². The molecule has 0 bridgehead atoms. The number of carbonyl (C=O) groups excluding carboxylic acids is 2. The van der Waals surface area contributed by atoms with Crippen molar-refractivity contribution in [3.05, 3.63) is 29.8 Å². The third-order valence-corrected chi connectivity index (χ3v) is 5.26. The Kier molecular flexibility index (Phi) is 7.66. The lowest BCUT2D eigenvalue weighted by atomic mass is 9.95. The monoisotopic (exact) mass is 375 g/mol. The number of likely N-dealkylation sites (N-methyl/N-ethyl adjacent to an activating group) is 1. The highest BCUT2D eigenvalue weighted by Crippen LogP contribution is 2.22. The maximum absolute atomic E-state index is 12.6. The van der Waals surface area contributed by atoms with Crippen molar-refractivity contribution in [3.8, 4) is 5.75 Å². The van der Waals surface area contributed by atoms with Gasteiger partial charge in [0.2, 0.25) is 11.8 Å².